The minimum Gasteiger partial charge on any atom is -0.394 e. The van der Waals surface area contributed by atoms with Crippen LogP contribution in [0.15, 0.2) is 86.0 Å². The highest BCUT2D eigenvalue weighted by molar-refractivity contribution is 6.03. The summed E-state index contributed by atoms with van der Waals surface area (Å²) in [5.74, 6) is -2.67. The van der Waals surface area contributed by atoms with E-state index in [0.29, 0.717) is 18.5 Å². The van der Waals surface area contributed by atoms with Gasteiger partial charge < -0.3 is 24.5 Å². The quantitative estimate of drug-likeness (QED) is 0.374. The maximum absolute atomic E-state index is 14.9. The number of aliphatic hydroxyl groups is 1. The second-order valence-corrected chi connectivity index (χ2v) is 14.0. The summed E-state index contributed by atoms with van der Waals surface area (Å²) in [6, 6.07) is 17.3. The van der Waals surface area contributed by atoms with Crippen LogP contribution in [-0.4, -0.2) is 81.1 Å². The molecular weight excluding hydrogens is 566 g/mol. The Labute approximate surface area is 267 Å². The molecule has 0 radical (unpaired) electrons. The third-order valence-electron chi connectivity index (χ3n) is 10.2. The molecule has 0 aromatic heterocycles. The molecule has 3 unspecified atom stereocenters. The molecule has 2 bridgehead atoms. The molecule has 3 aliphatic rings. The fraction of sp³-hybridized carbons (Fsp3) is 0.486. The van der Waals surface area contributed by atoms with Gasteiger partial charge in [0.25, 0.3) is 0 Å². The molecule has 3 heterocycles. The number of benzene rings is 2. The summed E-state index contributed by atoms with van der Waals surface area (Å²) in [6.07, 6.45) is 4.15. The standard InChI is InChI=1S/C37H47N3O5/c1-8-20-38(27-18-14-11-15-19-27)32(42)29-30-33(43)40(28(24-41)22-26-16-12-10-13-17-26)31(34(44)39(21-9-2)35(4,5)6)37(30)23-25(3)36(29,7)45-37/h8-19,25,28-31,41H,1-2,20-24H2,3-7H3/t25?,28-,29+,30+,31?,36-,37?/m1/s1. The van der Waals surface area contributed by atoms with Gasteiger partial charge in [0.15, 0.2) is 0 Å². The van der Waals surface area contributed by atoms with Crippen LogP contribution in [0.4, 0.5) is 5.69 Å². The van der Waals surface area contributed by atoms with Crippen molar-refractivity contribution in [3.05, 3.63) is 91.5 Å². The minimum atomic E-state index is -1.24. The number of fused-ring (bicyclic) bond motifs is 1. The van der Waals surface area contributed by atoms with Crippen LogP contribution in [0.2, 0.25) is 0 Å². The summed E-state index contributed by atoms with van der Waals surface area (Å²) in [4.78, 5) is 49.5. The Morgan fingerprint density at radius 2 is 1.64 bits per heavy atom. The van der Waals surface area contributed by atoms with Crippen LogP contribution in [0.3, 0.4) is 0 Å². The fourth-order valence-electron chi connectivity index (χ4n) is 8.06. The number of likely N-dealkylation sites (tertiary alicyclic amines) is 1. The number of rotatable bonds is 11. The lowest BCUT2D eigenvalue weighted by atomic mass is 9.62. The third kappa shape index (κ3) is 5.32. The van der Waals surface area contributed by atoms with Crippen molar-refractivity contribution in [1.29, 1.82) is 0 Å². The summed E-state index contributed by atoms with van der Waals surface area (Å²) in [5, 5.41) is 10.8. The van der Waals surface area contributed by atoms with E-state index in [4.69, 9.17) is 4.74 Å². The smallest absolute Gasteiger partial charge is 0.249 e. The highest BCUT2D eigenvalue weighted by Gasteiger charge is 2.80. The number of nitrogens with zero attached hydrogens (tertiary/aromatic N) is 3. The number of para-hydroxylation sites is 1. The molecule has 2 aromatic carbocycles. The van der Waals surface area contributed by atoms with E-state index < -0.39 is 40.7 Å². The van der Waals surface area contributed by atoms with Gasteiger partial charge in [-0.1, -0.05) is 67.6 Å². The summed E-state index contributed by atoms with van der Waals surface area (Å²) < 4.78 is 7.01. The predicted octanol–water partition coefficient (Wildman–Crippen LogP) is 4.63. The van der Waals surface area contributed by atoms with Crippen LogP contribution in [0, 0.1) is 17.8 Å². The number of aliphatic hydroxyl groups excluding tert-OH is 1. The second kappa shape index (κ2) is 12.2. The van der Waals surface area contributed by atoms with Crippen molar-refractivity contribution in [2.24, 2.45) is 17.8 Å². The summed E-state index contributed by atoms with van der Waals surface area (Å²) >= 11 is 0. The van der Waals surface area contributed by atoms with Crippen LogP contribution in [0.25, 0.3) is 0 Å². The van der Waals surface area contributed by atoms with Crippen LogP contribution in [0.1, 0.15) is 46.6 Å². The van der Waals surface area contributed by atoms with Crippen LogP contribution >= 0.6 is 0 Å². The molecule has 0 saturated carbocycles. The van der Waals surface area contributed by atoms with Gasteiger partial charge in [-0.05, 0) is 64.2 Å². The van der Waals surface area contributed by atoms with Crippen molar-refractivity contribution in [2.75, 3.05) is 24.6 Å². The zero-order chi connectivity index (χ0) is 32.7. The van der Waals surface area contributed by atoms with Gasteiger partial charge in [-0.3, -0.25) is 14.4 Å². The van der Waals surface area contributed by atoms with Gasteiger partial charge in [0.1, 0.15) is 11.6 Å². The van der Waals surface area contributed by atoms with E-state index in [1.165, 1.54) is 0 Å². The van der Waals surface area contributed by atoms with Gasteiger partial charge in [-0.25, -0.2) is 0 Å². The van der Waals surface area contributed by atoms with Crippen molar-refractivity contribution in [3.63, 3.8) is 0 Å². The van der Waals surface area contributed by atoms with Crippen LogP contribution in [-0.2, 0) is 25.5 Å². The molecule has 3 amide bonds. The van der Waals surface area contributed by atoms with Gasteiger partial charge in [-0.15, -0.1) is 13.2 Å². The lowest BCUT2D eigenvalue weighted by Gasteiger charge is -2.43. The fourth-order valence-corrected chi connectivity index (χ4v) is 8.06. The normalized spacial score (nSPS) is 29.3. The number of carbonyl (C=O) groups excluding carboxylic acids is 3. The maximum atomic E-state index is 14.9. The second-order valence-electron chi connectivity index (χ2n) is 14.0. The molecule has 8 nitrogen and oxygen atoms in total. The first-order chi connectivity index (χ1) is 21.4. The Morgan fingerprint density at radius 3 is 2.20 bits per heavy atom. The zero-order valence-electron chi connectivity index (χ0n) is 27.2. The molecule has 3 saturated heterocycles. The summed E-state index contributed by atoms with van der Waals surface area (Å²) in [7, 11) is 0. The molecule has 0 aliphatic carbocycles. The third-order valence-corrected chi connectivity index (χ3v) is 10.2. The van der Waals surface area contributed by atoms with Crippen molar-refractivity contribution in [1.82, 2.24) is 9.80 Å². The van der Waals surface area contributed by atoms with E-state index in [0.717, 1.165) is 5.56 Å². The number of hydrogen-bond acceptors (Lipinski definition) is 5. The first kappa shape index (κ1) is 32.6. The molecule has 2 aromatic rings. The van der Waals surface area contributed by atoms with Crippen molar-refractivity contribution in [3.8, 4) is 0 Å². The number of hydrogen-bond donors (Lipinski definition) is 1. The van der Waals surface area contributed by atoms with E-state index >= 15 is 0 Å². The van der Waals surface area contributed by atoms with Gasteiger partial charge in [0, 0.05) is 24.3 Å². The first-order valence-corrected chi connectivity index (χ1v) is 15.9. The lowest BCUT2D eigenvalue weighted by molar-refractivity contribution is -0.158. The predicted molar refractivity (Wildman–Crippen MR) is 175 cm³/mol. The van der Waals surface area contributed by atoms with E-state index in [9.17, 15) is 19.5 Å². The Kier molecular flexibility index (Phi) is 8.86. The monoisotopic (exact) mass is 613 g/mol. The van der Waals surface area contributed by atoms with E-state index in [1.54, 1.807) is 26.9 Å². The molecule has 1 N–H and O–H groups in total. The Balaban J connectivity index is 1.67. The van der Waals surface area contributed by atoms with Gasteiger partial charge >= 0.3 is 0 Å². The number of carbonyl (C=O) groups is 3. The van der Waals surface area contributed by atoms with E-state index in [-0.39, 0.29) is 43.3 Å². The molecule has 5 rings (SSSR count). The number of anilines is 1. The van der Waals surface area contributed by atoms with Crippen LogP contribution < -0.4 is 4.90 Å². The molecule has 45 heavy (non-hydrogen) atoms. The van der Waals surface area contributed by atoms with Crippen LogP contribution in [0.5, 0.6) is 0 Å². The average Bonchev–Trinajstić information content (AvgIpc) is 3.53. The molecule has 1 spiro atoms. The van der Waals surface area contributed by atoms with E-state index in [2.05, 4.69) is 13.2 Å². The highest BCUT2D eigenvalue weighted by Crippen LogP contribution is 2.66. The van der Waals surface area contributed by atoms with Gasteiger partial charge in [0.05, 0.1) is 30.1 Å². The molecule has 3 fully saturated rings. The van der Waals surface area contributed by atoms with E-state index in [1.807, 2.05) is 95.3 Å². The van der Waals surface area contributed by atoms with Crippen molar-refractivity contribution < 1.29 is 24.2 Å². The Bertz CT molecular complexity index is 1440. The molecule has 8 heteroatoms. The highest BCUT2D eigenvalue weighted by atomic mass is 16.5. The van der Waals surface area contributed by atoms with Gasteiger partial charge in [-0.2, -0.15) is 0 Å². The lowest BCUT2D eigenvalue weighted by Crippen LogP contribution is -2.62. The largest absolute Gasteiger partial charge is 0.394 e. The van der Waals surface area contributed by atoms with Crippen molar-refractivity contribution in [2.45, 2.75) is 76.3 Å². The Hall–Kier alpha value is -3.75. The first-order valence-electron chi connectivity index (χ1n) is 15.9. The SMILES string of the molecule is C=CCN(C(=O)[C@@H]1[C@H]2C(=O)N([C@@H](CO)Cc3ccccc3)C(C(=O)N(CC=C)C(C)(C)C)C23CC(C)[C@@]1(C)O3)c1ccccc1. The average molecular weight is 614 g/mol. The number of ether oxygens (including phenoxy) is 1. The minimum absolute atomic E-state index is 0.115. The Morgan fingerprint density at radius 1 is 1.04 bits per heavy atom. The summed E-state index contributed by atoms with van der Waals surface area (Å²) in [5.41, 5.74) is -1.17. The molecule has 7 atom stereocenters. The topological polar surface area (TPSA) is 90.4 Å². The molecule has 240 valence electrons. The maximum Gasteiger partial charge on any atom is 0.249 e. The van der Waals surface area contributed by atoms with Gasteiger partial charge in [0.2, 0.25) is 17.7 Å². The molecular formula is C37H47N3O5. The molecule has 3 aliphatic heterocycles. The van der Waals surface area contributed by atoms with Crippen molar-refractivity contribution >= 4 is 23.4 Å². The number of amides is 3. The summed E-state index contributed by atoms with van der Waals surface area (Å²) in [6.45, 7) is 17.8. The zero-order valence-corrected chi connectivity index (χ0v) is 27.2.